The molecule has 5 nitrogen and oxygen atoms in total. The summed E-state index contributed by atoms with van der Waals surface area (Å²) in [7, 11) is 0. The summed E-state index contributed by atoms with van der Waals surface area (Å²) >= 11 is 0. The quantitative estimate of drug-likeness (QED) is 0.297. The summed E-state index contributed by atoms with van der Waals surface area (Å²) in [6, 6.07) is 18.0. The standard InChI is InChI=1S/C31H33FN2O3/c1-3-20-13-22-15-25(16-23(22)14-21(20)4-2)33-17-28(35)26-8-10-29(31-27(26)9-11-30(36)34-31)37-18-19-6-5-7-24(32)12-19/h5-14,25,28,33,35H,3-4,15-18H2,1-2H3,(H,34,36)/t28-/m0/s1. The van der Waals surface area contributed by atoms with Gasteiger partial charge in [-0.15, -0.1) is 0 Å². The van der Waals surface area contributed by atoms with E-state index in [0.29, 0.717) is 28.9 Å². The maximum absolute atomic E-state index is 13.5. The predicted octanol–water partition coefficient (Wildman–Crippen LogP) is 5.16. The van der Waals surface area contributed by atoms with Gasteiger partial charge in [-0.3, -0.25) is 4.79 Å². The Bertz CT molecular complexity index is 1450. The predicted molar refractivity (Wildman–Crippen MR) is 145 cm³/mol. The molecule has 1 aromatic heterocycles. The monoisotopic (exact) mass is 500 g/mol. The van der Waals surface area contributed by atoms with Gasteiger partial charge in [0, 0.05) is 24.0 Å². The van der Waals surface area contributed by atoms with Crippen LogP contribution in [0.4, 0.5) is 4.39 Å². The van der Waals surface area contributed by atoms with E-state index in [4.69, 9.17) is 4.74 Å². The number of aromatic nitrogens is 1. The second kappa shape index (κ2) is 10.9. The fourth-order valence-corrected chi connectivity index (χ4v) is 5.41. The van der Waals surface area contributed by atoms with Crippen LogP contribution in [0.1, 0.15) is 53.3 Å². The second-order valence-electron chi connectivity index (χ2n) is 9.81. The highest BCUT2D eigenvalue weighted by Crippen LogP contribution is 2.31. The highest BCUT2D eigenvalue weighted by atomic mass is 19.1. The van der Waals surface area contributed by atoms with Crippen LogP contribution in [0.15, 0.2) is 65.5 Å². The molecule has 0 saturated carbocycles. The van der Waals surface area contributed by atoms with Gasteiger partial charge in [-0.1, -0.05) is 44.2 Å². The van der Waals surface area contributed by atoms with E-state index in [1.165, 1.54) is 40.5 Å². The van der Waals surface area contributed by atoms with E-state index >= 15 is 0 Å². The number of H-pyrrole nitrogens is 1. The molecule has 0 bridgehead atoms. The Labute approximate surface area is 216 Å². The summed E-state index contributed by atoms with van der Waals surface area (Å²) in [5.74, 6) is 0.151. The number of aryl methyl sites for hydroxylation is 2. The summed E-state index contributed by atoms with van der Waals surface area (Å²) in [6.07, 6.45) is 3.25. The maximum Gasteiger partial charge on any atom is 0.248 e. The molecule has 1 aliphatic carbocycles. The number of benzene rings is 3. The maximum atomic E-state index is 13.5. The van der Waals surface area contributed by atoms with Crippen LogP contribution in [0.3, 0.4) is 0 Å². The Morgan fingerprint density at radius 2 is 1.76 bits per heavy atom. The molecule has 0 saturated heterocycles. The van der Waals surface area contributed by atoms with Crippen LogP contribution in [-0.4, -0.2) is 22.7 Å². The number of fused-ring (bicyclic) bond motifs is 2. The number of ether oxygens (including phenoxy) is 1. The number of halogens is 1. The number of pyridine rings is 1. The summed E-state index contributed by atoms with van der Waals surface area (Å²) in [5, 5.41) is 15.4. The Morgan fingerprint density at radius 3 is 2.43 bits per heavy atom. The first-order chi connectivity index (χ1) is 17.9. The van der Waals surface area contributed by atoms with Gasteiger partial charge in [0.05, 0.1) is 11.6 Å². The van der Waals surface area contributed by atoms with Gasteiger partial charge in [-0.25, -0.2) is 4.39 Å². The summed E-state index contributed by atoms with van der Waals surface area (Å²) in [4.78, 5) is 14.9. The smallest absolute Gasteiger partial charge is 0.248 e. The third kappa shape index (κ3) is 5.45. The van der Waals surface area contributed by atoms with Crippen LogP contribution in [0.25, 0.3) is 10.9 Å². The van der Waals surface area contributed by atoms with Gasteiger partial charge in [-0.2, -0.15) is 0 Å². The largest absolute Gasteiger partial charge is 0.487 e. The molecule has 3 N–H and O–H groups in total. The molecule has 0 spiro atoms. The summed E-state index contributed by atoms with van der Waals surface area (Å²) in [5.41, 5.74) is 7.35. The van der Waals surface area contributed by atoms with Crippen LogP contribution in [0.2, 0.25) is 0 Å². The van der Waals surface area contributed by atoms with Gasteiger partial charge in [0.15, 0.2) is 0 Å². The zero-order chi connectivity index (χ0) is 25.9. The first-order valence-electron chi connectivity index (χ1n) is 13.0. The molecule has 5 rings (SSSR count). The molecule has 192 valence electrons. The van der Waals surface area contributed by atoms with Crippen molar-refractivity contribution >= 4 is 10.9 Å². The normalized spacial score (nSPS) is 14.2. The molecule has 3 aromatic carbocycles. The topological polar surface area (TPSA) is 74.3 Å². The molecule has 6 heteroatoms. The molecule has 1 heterocycles. The number of aromatic amines is 1. The molecule has 1 atom stereocenters. The molecule has 1 aliphatic rings. The Hall–Kier alpha value is -3.48. The van der Waals surface area contributed by atoms with Crippen molar-refractivity contribution in [3.8, 4) is 5.75 Å². The molecule has 0 aliphatic heterocycles. The lowest BCUT2D eigenvalue weighted by Crippen LogP contribution is -2.33. The van der Waals surface area contributed by atoms with Crippen molar-refractivity contribution in [1.29, 1.82) is 0 Å². The lowest BCUT2D eigenvalue weighted by molar-refractivity contribution is 0.171. The first-order valence-corrected chi connectivity index (χ1v) is 13.0. The average molecular weight is 501 g/mol. The molecule has 0 unspecified atom stereocenters. The number of hydrogen-bond donors (Lipinski definition) is 3. The van der Waals surface area contributed by atoms with Crippen molar-refractivity contribution in [1.82, 2.24) is 10.3 Å². The highest BCUT2D eigenvalue weighted by Gasteiger charge is 2.24. The minimum absolute atomic E-state index is 0.162. The molecule has 0 amide bonds. The van der Waals surface area contributed by atoms with Gasteiger partial charge >= 0.3 is 0 Å². The molecular weight excluding hydrogens is 467 g/mol. The van der Waals surface area contributed by atoms with E-state index < -0.39 is 6.10 Å². The third-order valence-corrected chi connectivity index (χ3v) is 7.35. The third-order valence-electron chi connectivity index (χ3n) is 7.35. The van der Waals surface area contributed by atoms with E-state index in [0.717, 1.165) is 31.1 Å². The van der Waals surface area contributed by atoms with E-state index in [1.807, 2.05) is 6.07 Å². The average Bonchev–Trinajstić information content (AvgIpc) is 3.31. The van der Waals surface area contributed by atoms with E-state index in [2.05, 4.69) is 36.3 Å². The number of aliphatic hydroxyl groups is 1. The van der Waals surface area contributed by atoms with Crippen molar-refractivity contribution in [2.45, 2.75) is 58.3 Å². The van der Waals surface area contributed by atoms with Crippen molar-refractivity contribution in [2.24, 2.45) is 0 Å². The van der Waals surface area contributed by atoms with Gasteiger partial charge in [-0.05, 0) is 83.3 Å². The molecule has 0 radical (unpaired) electrons. The van der Waals surface area contributed by atoms with Crippen LogP contribution in [-0.2, 0) is 32.3 Å². The fraction of sp³-hybridized carbons (Fsp3) is 0.323. The summed E-state index contributed by atoms with van der Waals surface area (Å²) in [6.45, 7) is 4.97. The molecular formula is C31H33FN2O3. The summed E-state index contributed by atoms with van der Waals surface area (Å²) < 4.78 is 19.5. The lowest BCUT2D eigenvalue weighted by Gasteiger charge is -2.19. The van der Waals surface area contributed by atoms with E-state index in [9.17, 15) is 14.3 Å². The zero-order valence-corrected chi connectivity index (χ0v) is 21.3. The van der Waals surface area contributed by atoms with Crippen LogP contribution in [0.5, 0.6) is 5.75 Å². The Kier molecular flexibility index (Phi) is 7.40. The van der Waals surface area contributed by atoms with Gasteiger partial charge in [0.1, 0.15) is 18.2 Å². The SMILES string of the molecule is CCc1cc2c(cc1CC)CC(NC[C@H](O)c1ccc(OCc3cccc(F)c3)c3[nH]c(=O)ccc13)C2. The molecule has 4 aromatic rings. The van der Waals surface area contributed by atoms with Gasteiger partial charge < -0.3 is 20.1 Å². The van der Waals surface area contributed by atoms with Gasteiger partial charge in [0.2, 0.25) is 5.56 Å². The lowest BCUT2D eigenvalue weighted by atomic mass is 9.97. The van der Waals surface area contributed by atoms with Crippen LogP contribution >= 0.6 is 0 Å². The van der Waals surface area contributed by atoms with Crippen molar-refractivity contribution in [2.75, 3.05) is 6.54 Å². The van der Waals surface area contributed by atoms with E-state index in [1.54, 1.807) is 24.3 Å². The Balaban J connectivity index is 1.30. The number of rotatable bonds is 9. The van der Waals surface area contributed by atoms with E-state index in [-0.39, 0.29) is 24.0 Å². The van der Waals surface area contributed by atoms with Crippen LogP contribution in [0, 0.1) is 5.82 Å². The first kappa shape index (κ1) is 25.2. The number of nitrogens with one attached hydrogen (secondary N) is 2. The molecule has 37 heavy (non-hydrogen) atoms. The minimum atomic E-state index is -0.758. The molecule has 0 fully saturated rings. The Morgan fingerprint density at radius 1 is 1.03 bits per heavy atom. The van der Waals surface area contributed by atoms with Crippen molar-refractivity contribution < 1.29 is 14.2 Å². The number of hydrogen-bond acceptors (Lipinski definition) is 4. The van der Waals surface area contributed by atoms with Crippen LogP contribution < -0.4 is 15.6 Å². The second-order valence-corrected chi connectivity index (χ2v) is 9.81. The van der Waals surface area contributed by atoms with Crippen molar-refractivity contribution in [3.05, 3.63) is 110 Å². The fourth-order valence-electron chi connectivity index (χ4n) is 5.41. The van der Waals surface area contributed by atoms with Crippen molar-refractivity contribution in [3.63, 3.8) is 0 Å². The highest BCUT2D eigenvalue weighted by molar-refractivity contribution is 5.87. The minimum Gasteiger partial charge on any atom is -0.487 e. The number of aliphatic hydroxyl groups excluding tert-OH is 1. The zero-order valence-electron chi connectivity index (χ0n) is 21.3. The van der Waals surface area contributed by atoms with Gasteiger partial charge in [0.25, 0.3) is 0 Å².